The molecule has 1 unspecified atom stereocenters. The zero-order chi connectivity index (χ0) is 12.3. The third kappa shape index (κ3) is 2.85. The van der Waals surface area contributed by atoms with Gasteiger partial charge < -0.3 is 5.11 Å². The molecule has 0 aliphatic rings. The molecule has 0 radical (unpaired) electrons. The molecule has 0 fully saturated rings. The standard InChI is InChI=1S/C11H10F2O3/c1-6(11(15)16)4-10(14)8-5-7(12)2-3-9(8)13/h2-3,5-6H,4H2,1H3,(H,15,16). The Kier molecular flexibility index (Phi) is 3.71. The second kappa shape index (κ2) is 4.83. The van der Waals surface area contributed by atoms with Crippen LogP contribution < -0.4 is 0 Å². The monoisotopic (exact) mass is 228 g/mol. The highest BCUT2D eigenvalue weighted by molar-refractivity contribution is 5.98. The Morgan fingerprint density at radius 3 is 2.56 bits per heavy atom. The van der Waals surface area contributed by atoms with Crippen molar-refractivity contribution in [1.29, 1.82) is 0 Å². The summed E-state index contributed by atoms with van der Waals surface area (Å²) in [5, 5.41) is 8.58. The van der Waals surface area contributed by atoms with Crippen LogP contribution in [0.15, 0.2) is 18.2 Å². The summed E-state index contributed by atoms with van der Waals surface area (Å²) >= 11 is 0. The zero-order valence-electron chi connectivity index (χ0n) is 8.54. The molecule has 3 nitrogen and oxygen atoms in total. The van der Waals surface area contributed by atoms with Crippen LogP contribution in [0.4, 0.5) is 8.78 Å². The summed E-state index contributed by atoms with van der Waals surface area (Å²) in [5.41, 5.74) is -0.409. The first kappa shape index (κ1) is 12.3. The number of carboxylic acids is 1. The molecule has 0 saturated carbocycles. The summed E-state index contributed by atoms with van der Waals surface area (Å²) in [5.74, 6) is -4.36. The van der Waals surface area contributed by atoms with E-state index in [0.29, 0.717) is 0 Å². The molecule has 86 valence electrons. The van der Waals surface area contributed by atoms with Gasteiger partial charge in [0.2, 0.25) is 0 Å². The van der Waals surface area contributed by atoms with Crippen molar-refractivity contribution in [2.45, 2.75) is 13.3 Å². The lowest BCUT2D eigenvalue weighted by Gasteiger charge is -2.06. The number of ketones is 1. The SMILES string of the molecule is CC(CC(=O)c1cc(F)ccc1F)C(=O)O. The summed E-state index contributed by atoms with van der Waals surface area (Å²) in [6.45, 7) is 1.33. The van der Waals surface area contributed by atoms with Gasteiger partial charge in [0, 0.05) is 6.42 Å². The number of carboxylic acid groups (broad SMARTS) is 1. The smallest absolute Gasteiger partial charge is 0.306 e. The number of Topliss-reactive ketones (excluding diaryl/α,β-unsaturated/α-hetero) is 1. The molecule has 0 aliphatic carbocycles. The minimum Gasteiger partial charge on any atom is -0.481 e. The van der Waals surface area contributed by atoms with Gasteiger partial charge in [-0.2, -0.15) is 0 Å². The van der Waals surface area contributed by atoms with Crippen LogP contribution in [0, 0.1) is 17.6 Å². The third-order valence-corrected chi connectivity index (χ3v) is 2.14. The van der Waals surface area contributed by atoms with Crippen molar-refractivity contribution in [3.05, 3.63) is 35.4 Å². The molecule has 0 saturated heterocycles. The van der Waals surface area contributed by atoms with Crippen molar-refractivity contribution in [1.82, 2.24) is 0 Å². The number of rotatable bonds is 4. The van der Waals surface area contributed by atoms with Crippen molar-refractivity contribution in [3.63, 3.8) is 0 Å². The van der Waals surface area contributed by atoms with Crippen LogP contribution in [0.5, 0.6) is 0 Å². The number of carbonyl (C=O) groups is 2. The number of hydrogen-bond acceptors (Lipinski definition) is 2. The summed E-state index contributed by atoms with van der Waals surface area (Å²) < 4.78 is 25.9. The molecule has 0 spiro atoms. The molecule has 1 N–H and O–H groups in total. The van der Waals surface area contributed by atoms with E-state index in [1.807, 2.05) is 0 Å². The minimum absolute atomic E-state index is 0.351. The first-order chi connectivity index (χ1) is 7.41. The Bertz CT molecular complexity index is 429. The molecular formula is C11H10F2O3. The van der Waals surface area contributed by atoms with E-state index in [0.717, 1.165) is 18.2 Å². The highest BCUT2D eigenvalue weighted by atomic mass is 19.1. The van der Waals surface area contributed by atoms with E-state index in [2.05, 4.69) is 0 Å². The van der Waals surface area contributed by atoms with Gasteiger partial charge in [-0.15, -0.1) is 0 Å². The third-order valence-electron chi connectivity index (χ3n) is 2.14. The van der Waals surface area contributed by atoms with E-state index in [4.69, 9.17) is 5.11 Å². The van der Waals surface area contributed by atoms with Crippen molar-refractivity contribution >= 4 is 11.8 Å². The van der Waals surface area contributed by atoms with Crippen LogP contribution in [0.3, 0.4) is 0 Å². The Labute approximate surface area is 90.7 Å². The Hall–Kier alpha value is -1.78. The summed E-state index contributed by atoms with van der Waals surface area (Å²) in [6, 6.07) is 2.51. The van der Waals surface area contributed by atoms with Gasteiger partial charge in [0.1, 0.15) is 11.6 Å². The highest BCUT2D eigenvalue weighted by Gasteiger charge is 2.19. The fourth-order valence-corrected chi connectivity index (χ4v) is 1.19. The van der Waals surface area contributed by atoms with E-state index >= 15 is 0 Å². The van der Waals surface area contributed by atoms with Gasteiger partial charge in [0.05, 0.1) is 11.5 Å². The molecule has 0 bridgehead atoms. The molecule has 1 aromatic rings. The van der Waals surface area contributed by atoms with Crippen LogP contribution in [0.2, 0.25) is 0 Å². The van der Waals surface area contributed by atoms with Crippen molar-refractivity contribution in [2.75, 3.05) is 0 Å². The lowest BCUT2D eigenvalue weighted by Crippen LogP contribution is -2.15. The quantitative estimate of drug-likeness (QED) is 0.804. The maximum absolute atomic E-state index is 13.1. The second-order valence-electron chi connectivity index (χ2n) is 3.49. The van der Waals surface area contributed by atoms with Crippen molar-refractivity contribution in [3.8, 4) is 0 Å². The zero-order valence-corrected chi connectivity index (χ0v) is 8.54. The fourth-order valence-electron chi connectivity index (χ4n) is 1.19. The van der Waals surface area contributed by atoms with Gasteiger partial charge in [-0.3, -0.25) is 9.59 Å². The average Bonchev–Trinajstić information content (AvgIpc) is 2.21. The lowest BCUT2D eigenvalue weighted by molar-refractivity contribution is -0.141. The normalized spacial score (nSPS) is 12.2. The van der Waals surface area contributed by atoms with Crippen LogP contribution in [-0.4, -0.2) is 16.9 Å². The van der Waals surface area contributed by atoms with Crippen LogP contribution in [0.25, 0.3) is 0 Å². The first-order valence-electron chi connectivity index (χ1n) is 4.63. The van der Waals surface area contributed by atoms with Gasteiger partial charge in [-0.25, -0.2) is 8.78 Å². The van der Waals surface area contributed by atoms with E-state index in [-0.39, 0.29) is 6.42 Å². The maximum Gasteiger partial charge on any atom is 0.306 e. The van der Waals surface area contributed by atoms with Gasteiger partial charge in [-0.05, 0) is 18.2 Å². The Morgan fingerprint density at radius 2 is 2.00 bits per heavy atom. The van der Waals surface area contributed by atoms with Gasteiger partial charge in [0.25, 0.3) is 0 Å². The van der Waals surface area contributed by atoms with Gasteiger partial charge >= 0.3 is 5.97 Å². The van der Waals surface area contributed by atoms with Crippen molar-refractivity contribution < 1.29 is 23.5 Å². The Balaban J connectivity index is 2.88. The number of carbonyl (C=O) groups excluding carboxylic acids is 1. The minimum atomic E-state index is -1.15. The largest absolute Gasteiger partial charge is 0.481 e. The topological polar surface area (TPSA) is 54.4 Å². The molecular weight excluding hydrogens is 218 g/mol. The molecule has 16 heavy (non-hydrogen) atoms. The van der Waals surface area contributed by atoms with Crippen LogP contribution in [-0.2, 0) is 4.79 Å². The van der Waals surface area contributed by atoms with E-state index in [9.17, 15) is 18.4 Å². The van der Waals surface area contributed by atoms with E-state index in [1.54, 1.807) is 0 Å². The molecule has 0 aliphatic heterocycles. The summed E-state index contributed by atoms with van der Waals surface area (Å²) in [7, 11) is 0. The number of hydrogen-bond donors (Lipinski definition) is 1. The summed E-state index contributed by atoms with van der Waals surface area (Å²) in [6.07, 6.45) is -0.351. The molecule has 0 aromatic heterocycles. The predicted octanol–water partition coefficient (Wildman–Crippen LogP) is 2.26. The molecule has 1 rings (SSSR count). The molecule has 1 aromatic carbocycles. The molecule has 0 amide bonds. The first-order valence-corrected chi connectivity index (χ1v) is 4.63. The van der Waals surface area contributed by atoms with Gasteiger partial charge in [-0.1, -0.05) is 6.92 Å². The molecule has 0 heterocycles. The number of halogens is 2. The lowest BCUT2D eigenvalue weighted by atomic mass is 9.99. The predicted molar refractivity (Wildman–Crippen MR) is 52.1 cm³/mol. The van der Waals surface area contributed by atoms with E-state index < -0.39 is 34.9 Å². The molecule has 5 heteroatoms. The average molecular weight is 228 g/mol. The maximum atomic E-state index is 13.1. The van der Waals surface area contributed by atoms with Crippen LogP contribution >= 0.6 is 0 Å². The van der Waals surface area contributed by atoms with Crippen LogP contribution in [0.1, 0.15) is 23.7 Å². The summed E-state index contributed by atoms with van der Waals surface area (Å²) in [4.78, 5) is 22.0. The Morgan fingerprint density at radius 1 is 1.38 bits per heavy atom. The van der Waals surface area contributed by atoms with Crippen molar-refractivity contribution in [2.24, 2.45) is 5.92 Å². The second-order valence-corrected chi connectivity index (χ2v) is 3.49. The number of benzene rings is 1. The highest BCUT2D eigenvalue weighted by Crippen LogP contribution is 2.15. The molecule has 1 atom stereocenters. The number of aliphatic carboxylic acids is 1. The van der Waals surface area contributed by atoms with Gasteiger partial charge in [0.15, 0.2) is 5.78 Å². The fraction of sp³-hybridized carbons (Fsp3) is 0.273. The van der Waals surface area contributed by atoms with E-state index in [1.165, 1.54) is 6.92 Å².